The molecule has 0 aliphatic heterocycles. The molecule has 2 aliphatic rings. The molecule has 2 aliphatic carbocycles. The topological polar surface area (TPSA) is 83.8 Å². The molecule has 5 nitrogen and oxygen atoms in total. The summed E-state index contributed by atoms with van der Waals surface area (Å²) in [6.07, 6.45) is 38.1. The third-order valence-electron chi connectivity index (χ3n) is 10.9. The van der Waals surface area contributed by atoms with E-state index in [0.717, 1.165) is 27.8 Å². The van der Waals surface area contributed by atoms with E-state index >= 15 is 0 Å². The van der Waals surface area contributed by atoms with Gasteiger partial charge in [0, 0.05) is 49.4 Å². The van der Waals surface area contributed by atoms with Crippen LogP contribution >= 0.6 is 98.4 Å². The maximum atomic E-state index is 11.9. The second kappa shape index (κ2) is 42.0. The van der Waals surface area contributed by atoms with E-state index in [1.54, 1.807) is 19.1 Å². The third kappa shape index (κ3) is 34.6. The van der Waals surface area contributed by atoms with Crippen LogP contribution in [-0.2, 0) is 14.3 Å². The predicted octanol–water partition coefficient (Wildman–Crippen LogP) is 16.2. The Kier molecular flexibility index (Phi) is 42.4. The fraction of sp³-hybridized carbons (Fsp3) is 0.345. The molecular formula is C58H75I6O5-. The summed E-state index contributed by atoms with van der Waals surface area (Å²) in [4.78, 5) is 22.5. The molecule has 0 aromatic heterocycles. The Morgan fingerprint density at radius 2 is 1.03 bits per heavy atom. The average molecular weight is 1610 g/mol. The number of aliphatic hydroxyl groups is 1. The van der Waals surface area contributed by atoms with Gasteiger partial charge in [-0.3, -0.25) is 0 Å². The molecule has 2 aromatic rings. The van der Waals surface area contributed by atoms with Gasteiger partial charge >= 0.3 is 62.4 Å². The van der Waals surface area contributed by atoms with Crippen LogP contribution in [0.25, 0.3) is 12.2 Å². The number of hydrogen-bond donors (Lipinski definition) is 2. The molecule has 0 fully saturated rings. The van der Waals surface area contributed by atoms with Gasteiger partial charge in [-0.05, 0) is 130 Å². The Labute approximate surface area is 487 Å². The molecule has 69 heavy (non-hydrogen) atoms. The molecule has 0 heterocycles. The number of aliphatic carboxylic acids is 1. The van der Waals surface area contributed by atoms with E-state index in [2.05, 4.69) is 160 Å². The predicted molar refractivity (Wildman–Crippen MR) is 340 cm³/mol. The molecule has 0 saturated heterocycles. The van der Waals surface area contributed by atoms with Crippen molar-refractivity contribution in [2.75, 3.05) is 13.2 Å². The summed E-state index contributed by atoms with van der Waals surface area (Å²) >= 11 is 9.54. The zero-order valence-corrected chi connectivity index (χ0v) is 55.2. The molecule has 0 atom stereocenters. The van der Waals surface area contributed by atoms with Gasteiger partial charge in [0.05, 0.1) is 6.61 Å². The number of carbonyl (C=O) groups excluding carboxylic acids is 1. The monoisotopic (exact) mass is 1610 g/mol. The van der Waals surface area contributed by atoms with E-state index in [0.29, 0.717) is 13.3 Å². The van der Waals surface area contributed by atoms with Gasteiger partial charge in [-0.15, -0.1) is 24.0 Å². The van der Waals surface area contributed by atoms with Gasteiger partial charge in [-0.25, -0.2) is 9.59 Å². The Morgan fingerprint density at radius 3 is 1.41 bits per heavy atom. The minimum Gasteiger partial charge on any atom is -0.392 e. The van der Waals surface area contributed by atoms with Crippen molar-refractivity contribution in [1.29, 1.82) is 0 Å². The molecule has 2 N–H and O–H groups in total. The van der Waals surface area contributed by atoms with Crippen LogP contribution in [-0.4, -0.2) is 35.4 Å². The van der Waals surface area contributed by atoms with Crippen LogP contribution in [0.15, 0.2) is 190 Å². The number of benzene rings is 2. The Balaban J connectivity index is 0. The first kappa shape index (κ1) is 69.7. The van der Waals surface area contributed by atoms with E-state index in [9.17, 15) is 9.59 Å². The number of carboxylic acids is 1. The first-order valence-electron chi connectivity index (χ1n) is 22.6. The number of esters is 1. The van der Waals surface area contributed by atoms with Gasteiger partial charge in [0.15, 0.2) is 0 Å². The molecule has 11 heteroatoms. The smallest absolute Gasteiger partial charge is 0.0615 e. The number of rotatable bonds is 15. The fourth-order valence-corrected chi connectivity index (χ4v) is 7.41. The van der Waals surface area contributed by atoms with E-state index in [-0.39, 0.29) is 54.0 Å². The maximum absolute atomic E-state index is 11.9. The van der Waals surface area contributed by atoms with Gasteiger partial charge in [-0.1, -0.05) is 190 Å². The van der Waals surface area contributed by atoms with Gasteiger partial charge in [-0.2, -0.15) is 0 Å². The number of carbonyl (C=O) groups is 2. The minimum atomic E-state index is -0.912. The SMILES string of the molecule is CC1=C(/C=C/C(C)=C/C=C/C(C)=C/C(=O)O)C(C)(C)CCC1.CC1=C(/C=C/C(C)=C/C=C/C(C)=C/C(=O)OC/C=C/c2ccccc2)C(C)(C)CCC1.I.II.I[I-]I.OC/C=C/c1ccccc1. The molecule has 0 amide bonds. The van der Waals surface area contributed by atoms with Crippen LogP contribution in [0.4, 0.5) is 0 Å². The number of aliphatic hydroxyl groups excluding tert-OH is 1. The number of ether oxygens (including phenoxy) is 1. The van der Waals surface area contributed by atoms with Crippen molar-refractivity contribution in [3.8, 4) is 0 Å². The van der Waals surface area contributed by atoms with Crippen LogP contribution in [0, 0.1) is 10.8 Å². The Hall–Kier alpha value is -1.40. The van der Waals surface area contributed by atoms with Gasteiger partial charge < -0.3 is 14.9 Å². The van der Waals surface area contributed by atoms with Crippen molar-refractivity contribution >= 4 is 123 Å². The minimum absolute atomic E-state index is 0. The van der Waals surface area contributed by atoms with Gasteiger partial charge in [0.1, 0.15) is 6.61 Å². The summed E-state index contributed by atoms with van der Waals surface area (Å²) in [6, 6.07) is 19.8. The fourth-order valence-electron chi connectivity index (χ4n) is 7.41. The van der Waals surface area contributed by atoms with Gasteiger partial charge in [0.25, 0.3) is 0 Å². The Morgan fingerprint density at radius 1 is 0.638 bits per heavy atom. The van der Waals surface area contributed by atoms with Crippen LogP contribution < -0.4 is 13.3 Å². The van der Waals surface area contributed by atoms with Crippen molar-refractivity contribution in [3.63, 3.8) is 0 Å². The van der Waals surface area contributed by atoms with Crippen molar-refractivity contribution in [3.05, 3.63) is 201 Å². The number of halogens is 6. The zero-order valence-electron chi connectivity index (χ0n) is 42.1. The van der Waals surface area contributed by atoms with Crippen molar-refractivity contribution in [2.45, 2.75) is 108 Å². The summed E-state index contributed by atoms with van der Waals surface area (Å²) in [5.74, 6) is -1.24. The molecule has 380 valence electrons. The molecule has 0 bridgehead atoms. The van der Waals surface area contributed by atoms with Crippen molar-refractivity contribution in [1.82, 2.24) is 0 Å². The standard InChI is InChI=1S/C29H36O2.C20H28O2.C9H10O.I3.I2.HI/c1-23(18-19-27-25(3)14-10-20-29(27,4)5)12-9-13-24(2)22-28(30)31-21-11-17-26-15-7-6-8-16-26;1-15(8-6-9-16(2)14-19(21)22)11-12-18-17(3)10-7-13-20(18,4)5;10-8-4-7-9-5-2-1-3-6-9;1-3-2;1-2;/h6-9,11-13,15-19,22H,10,14,20-21H2,1-5H3;6,8-9,11-12,14H,7,10,13H2,1-5H3,(H,21,22);1-7,10H,8H2;;;1H/q;;;-1;;/b13-9+,17-11+,19-18+,23-12+,24-22+;9-6+,12-11+,15-8+,16-14+;7-4+;;;. The first-order chi connectivity index (χ1) is 32.3. The summed E-state index contributed by atoms with van der Waals surface area (Å²) in [6.45, 7) is 22.0. The molecule has 2 aromatic carbocycles. The summed E-state index contributed by atoms with van der Waals surface area (Å²) in [5, 5.41) is 17.1. The van der Waals surface area contributed by atoms with Crippen LogP contribution in [0.3, 0.4) is 0 Å². The maximum Gasteiger partial charge on any atom is 0.0615 e. The molecule has 0 unspecified atom stereocenters. The quantitative estimate of drug-likeness (QED) is 0.0803. The summed E-state index contributed by atoms with van der Waals surface area (Å²) in [5.41, 5.74) is 12.6. The summed E-state index contributed by atoms with van der Waals surface area (Å²) in [7, 11) is 0. The molecular weight excluding hydrogens is 1540 g/mol. The second-order valence-corrected chi connectivity index (χ2v) is 33.9. The molecule has 4 rings (SSSR count). The normalized spacial score (nSPS) is 16.4. The molecule has 0 saturated carbocycles. The zero-order chi connectivity index (χ0) is 51.4. The average Bonchev–Trinajstić information content (AvgIpc) is 3.28. The summed E-state index contributed by atoms with van der Waals surface area (Å²) < 4.78 is 5.23. The van der Waals surface area contributed by atoms with Crippen LogP contribution in [0.2, 0.25) is 0 Å². The van der Waals surface area contributed by atoms with Gasteiger partial charge in [0.2, 0.25) is 0 Å². The van der Waals surface area contributed by atoms with E-state index in [1.165, 1.54) is 78.5 Å². The molecule has 0 radical (unpaired) electrons. The largest absolute Gasteiger partial charge is 0.392 e. The Bertz CT molecular complexity index is 2180. The number of hydrogen-bond acceptors (Lipinski definition) is 4. The van der Waals surface area contributed by atoms with Crippen LogP contribution in [0.1, 0.15) is 119 Å². The number of allylic oxidation sites excluding steroid dienone is 18. The molecule has 0 spiro atoms. The van der Waals surface area contributed by atoms with E-state index in [4.69, 9.17) is 14.9 Å². The second-order valence-electron chi connectivity index (χ2n) is 17.7. The first-order valence-corrected chi connectivity index (χ1v) is 41.5. The van der Waals surface area contributed by atoms with Crippen LogP contribution in [0.5, 0.6) is 0 Å². The van der Waals surface area contributed by atoms with E-state index < -0.39 is 5.97 Å². The third-order valence-corrected chi connectivity index (χ3v) is 10.9. The van der Waals surface area contributed by atoms with Crippen molar-refractivity contribution in [2.24, 2.45) is 10.8 Å². The number of carboxylic acid groups (broad SMARTS) is 1. The van der Waals surface area contributed by atoms with E-state index in [1.807, 2.05) is 110 Å². The van der Waals surface area contributed by atoms with Crippen molar-refractivity contribution < 1.29 is 37.8 Å².